The molecule has 2 N–H and O–H groups in total. The molecule has 0 atom stereocenters. The summed E-state index contributed by atoms with van der Waals surface area (Å²) in [7, 11) is -3.58. The molecule has 8 heteroatoms. The number of nitrogens with one attached hydrogen (secondary N) is 1. The predicted octanol–water partition coefficient (Wildman–Crippen LogP) is 1.96. The van der Waals surface area contributed by atoms with E-state index in [1.807, 2.05) is 0 Å². The van der Waals surface area contributed by atoms with Crippen LogP contribution in [-0.2, 0) is 14.8 Å². The third-order valence-corrected chi connectivity index (χ3v) is 5.10. The Morgan fingerprint density at radius 1 is 1.30 bits per heavy atom. The summed E-state index contributed by atoms with van der Waals surface area (Å²) in [5.41, 5.74) is 0.0866. The van der Waals surface area contributed by atoms with E-state index in [2.05, 4.69) is 4.72 Å². The zero-order valence-corrected chi connectivity index (χ0v) is 12.1. The van der Waals surface area contributed by atoms with E-state index in [0.29, 0.717) is 26.1 Å². The lowest BCUT2D eigenvalue weighted by atomic mass is 10.2. The van der Waals surface area contributed by atoms with Crippen molar-refractivity contribution in [2.24, 2.45) is 0 Å². The van der Waals surface area contributed by atoms with E-state index < -0.39 is 21.2 Å². The van der Waals surface area contributed by atoms with Gasteiger partial charge in [0.1, 0.15) is 0 Å². The second-order valence-corrected chi connectivity index (χ2v) is 6.89. The topological polar surface area (TPSA) is 92.7 Å². The Balaban J connectivity index is 2.22. The fourth-order valence-electron chi connectivity index (χ4n) is 2.01. The van der Waals surface area contributed by atoms with Crippen LogP contribution in [0, 0.1) is 0 Å². The van der Waals surface area contributed by atoms with Gasteiger partial charge in [0.05, 0.1) is 16.5 Å². The minimum absolute atomic E-state index is 0.0674. The van der Waals surface area contributed by atoms with Crippen LogP contribution in [0.15, 0.2) is 18.2 Å². The maximum Gasteiger partial charge on any atom is 0.335 e. The number of carboxylic acid groups (broad SMARTS) is 1. The maximum absolute atomic E-state index is 12.2. The van der Waals surface area contributed by atoms with Crippen molar-refractivity contribution >= 4 is 33.3 Å². The fraction of sp³-hybridized carbons (Fsp3) is 0.417. The molecule has 0 bridgehead atoms. The summed E-state index contributed by atoms with van der Waals surface area (Å²) < 4.78 is 31.9. The Bertz CT molecular complexity index is 610. The molecule has 1 aromatic rings. The Labute approximate surface area is 121 Å². The first-order chi connectivity index (χ1) is 9.38. The molecule has 1 aliphatic rings. The minimum Gasteiger partial charge on any atom is -0.478 e. The van der Waals surface area contributed by atoms with Gasteiger partial charge in [-0.05, 0) is 31.0 Å². The zero-order chi connectivity index (χ0) is 14.8. The number of benzene rings is 1. The van der Waals surface area contributed by atoms with Gasteiger partial charge in [-0.1, -0.05) is 11.6 Å². The number of ether oxygens (including phenoxy) is 1. The van der Waals surface area contributed by atoms with Gasteiger partial charge in [-0.2, -0.15) is 0 Å². The first kappa shape index (κ1) is 15.1. The van der Waals surface area contributed by atoms with Gasteiger partial charge >= 0.3 is 5.97 Å². The third kappa shape index (κ3) is 3.62. The average Bonchev–Trinajstić information content (AvgIpc) is 2.38. The minimum atomic E-state index is -3.58. The lowest BCUT2D eigenvalue weighted by molar-refractivity contribution is 0.0697. The number of hydrogen-bond donors (Lipinski definition) is 2. The molecule has 6 nitrogen and oxygen atoms in total. The molecule has 0 aliphatic carbocycles. The van der Waals surface area contributed by atoms with Crippen molar-refractivity contribution < 1.29 is 23.1 Å². The SMILES string of the molecule is O=C(O)c1cc(Cl)cc(NS(=O)(=O)C2CCOCC2)c1. The summed E-state index contributed by atoms with van der Waals surface area (Å²) >= 11 is 5.79. The van der Waals surface area contributed by atoms with E-state index in [0.717, 1.165) is 0 Å². The van der Waals surface area contributed by atoms with Gasteiger partial charge < -0.3 is 9.84 Å². The van der Waals surface area contributed by atoms with Gasteiger partial charge in [0.2, 0.25) is 10.0 Å². The molecule has 0 radical (unpaired) electrons. The highest BCUT2D eigenvalue weighted by Crippen LogP contribution is 2.23. The summed E-state index contributed by atoms with van der Waals surface area (Å²) in [6.07, 6.45) is 0.837. The molecular formula is C12H14ClNO5S. The zero-order valence-electron chi connectivity index (χ0n) is 10.5. The molecular weight excluding hydrogens is 306 g/mol. The molecule has 1 heterocycles. The smallest absolute Gasteiger partial charge is 0.335 e. The first-order valence-electron chi connectivity index (χ1n) is 6.02. The average molecular weight is 320 g/mol. The van der Waals surface area contributed by atoms with Crippen LogP contribution in [0.5, 0.6) is 0 Å². The highest BCUT2D eigenvalue weighted by atomic mass is 35.5. The molecule has 1 aliphatic heterocycles. The second kappa shape index (κ2) is 5.99. The molecule has 0 unspecified atom stereocenters. The number of rotatable bonds is 4. The molecule has 2 rings (SSSR count). The molecule has 1 fully saturated rings. The van der Waals surface area contributed by atoms with Crippen molar-refractivity contribution in [3.05, 3.63) is 28.8 Å². The number of hydrogen-bond acceptors (Lipinski definition) is 4. The van der Waals surface area contributed by atoms with Gasteiger partial charge in [-0.3, -0.25) is 4.72 Å². The summed E-state index contributed by atoms with van der Waals surface area (Å²) in [4.78, 5) is 10.9. The van der Waals surface area contributed by atoms with Crippen molar-refractivity contribution in [1.82, 2.24) is 0 Å². The van der Waals surface area contributed by atoms with Gasteiger partial charge in [-0.15, -0.1) is 0 Å². The summed E-state index contributed by atoms with van der Waals surface area (Å²) in [6, 6.07) is 3.88. The summed E-state index contributed by atoms with van der Waals surface area (Å²) in [5.74, 6) is -1.17. The molecule has 0 aromatic heterocycles. The second-order valence-electron chi connectivity index (χ2n) is 4.49. The van der Waals surface area contributed by atoms with E-state index in [4.69, 9.17) is 21.4 Å². The Hall–Kier alpha value is -1.31. The van der Waals surface area contributed by atoms with E-state index in [1.165, 1.54) is 18.2 Å². The molecule has 0 saturated carbocycles. The van der Waals surface area contributed by atoms with Crippen molar-refractivity contribution in [2.45, 2.75) is 18.1 Å². The highest BCUT2D eigenvalue weighted by Gasteiger charge is 2.27. The van der Waals surface area contributed by atoms with Crippen molar-refractivity contribution in [3.8, 4) is 0 Å². The molecule has 110 valence electrons. The number of aromatic carboxylic acids is 1. The first-order valence-corrected chi connectivity index (χ1v) is 7.94. The van der Waals surface area contributed by atoms with Crippen LogP contribution in [0.3, 0.4) is 0 Å². The van der Waals surface area contributed by atoms with Crippen LogP contribution in [0.1, 0.15) is 23.2 Å². The fourth-order valence-corrected chi connectivity index (χ4v) is 3.67. The third-order valence-electron chi connectivity index (χ3n) is 3.01. The van der Waals surface area contributed by atoms with Gasteiger partial charge in [0, 0.05) is 18.2 Å². The van der Waals surface area contributed by atoms with Gasteiger partial charge in [0.15, 0.2) is 0 Å². The predicted molar refractivity (Wildman–Crippen MR) is 74.8 cm³/mol. The number of carboxylic acids is 1. The van der Waals surface area contributed by atoms with Crippen LogP contribution in [0.4, 0.5) is 5.69 Å². The van der Waals surface area contributed by atoms with Crippen LogP contribution in [0.25, 0.3) is 0 Å². The quantitative estimate of drug-likeness (QED) is 0.885. The van der Waals surface area contributed by atoms with Crippen LogP contribution in [0.2, 0.25) is 5.02 Å². The van der Waals surface area contributed by atoms with E-state index in [-0.39, 0.29) is 16.3 Å². The summed E-state index contributed by atoms with van der Waals surface area (Å²) in [6.45, 7) is 0.809. The van der Waals surface area contributed by atoms with Crippen LogP contribution < -0.4 is 4.72 Å². The Morgan fingerprint density at radius 3 is 2.55 bits per heavy atom. The van der Waals surface area contributed by atoms with E-state index in [9.17, 15) is 13.2 Å². The number of carbonyl (C=O) groups is 1. The van der Waals surface area contributed by atoms with Crippen LogP contribution in [-0.4, -0.2) is 38.0 Å². The largest absolute Gasteiger partial charge is 0.478 e. The molecule has 0 amide bonds. The Kier molecular flexibility index (Phi) is 4.52. The lowest BCUT2D eigenvalue weighted by Gasteiger charge is -2.22. The maximum atomic E-state index is 12.2. The number of sulfonamides is 1. The van der Waals surface area contributed by atoms with Gasteiger partial charge in [-0.25, -0.2) is 13.2 Å². The standard InChI is InChI=1S/C12H14ClNO5S/c13-9-5-8(12(15)16)6-10(7-9)14-20(17,18)11-1-3-19-4-2-11/h5-7,11,14H,1-4H2,(H,15,16). The molecule has 20 heavy (non-hydrogen) atoms. The monoisotopic (exact) mass is 319 g/mol. The number of halogens is 1. The number of anilines is 1. The molecule has 1 aromatic carbocycles. The Morgan fingerprint density at radius 2 is 1.95 bits per heavy atom. The van der Waals surface area contributed by atoms with E-state index >= 15 is 0 Å². The highest BCUT2D eigenvalue weighted by molar-refractivity contribution is 7.93. The summed E-state index contributed by atoms with van der Waals surface area (Å²) in [5, 5.41) is 8.55. The van der Waals surface area contributed by atoms with Crippen molar-refractivity contribution in [2.75, 3.05) is 17.9 Å². The lowest BCUT2D eigenvalue weighted by Crippen LogP contribution is -2.33. The van der Waals surface area contributed by atoms with Crippen molar-refractivity contribution in [1.29, 1.82) is 0 Å². The molecule has 0 spiro atoms. The van der Waals surface area contributed by atoms with Gasteiger partial charge in [0.25, 0.3) is 0 Å². The molecule has 1 saturated heterocycles. The van der Waals surface area contributed by atoms with E-state index in [1.54, 1.807) is 0 Å². The normalized spacial score (nSPS) is 16.9. The van der Waals surface area contributed by atoms with Crippen LogP contribution >= 0.6 is 11.6 Å². The van der Waals surface area contributed by atoms with Crippen molar-refractivity contribution in [3.63, 3.8) is 0 Å².